The summed E-state index contributed by atoms with van der Waals surface area (Å²) in [7, 11) is 0. The third-order valence-corrected chi connectivity index (χ3v) is 4.38. The molecule has 0 saturated carbocycles. The van der Waals surface area contributed by atoms with Crippen molar-refractivity contribution in [1.82, 2.24) is 19.9 Å². The molecule has 0 aromatic carbocycles. The van der Waals surface area contributed by atoms with Crippen molar-refractivity contribution in [3.05, 3.63) is 34.3 Å². The van der Waals surface area contributed by atoms with Gasteiger partial charge in [0.1, 0.15) is 10.8 Å². The average molecular weight is 262 g/mol. The SMILES string of the molecule is Cc1csc(CNCC2CCc3nccn3C2)n1. The fourth-order valence-electron chi connectivity index (χ4n) is 2.47. The van der Waals surface area contributed by atoms with Crippen LogP contribution in [0.3, 0.4) is 0 Å². The summed E-state index contributed by atoms with van der Waals surface area (Å²) >= 11 is 1.74. The second kappa shape index (κ2) is 5.20. The second-order valence-corrected chi connectivity index (χ2v) is 5.86. The first-order chi connectivity index (χ1) is 8.81. The Labute approximate surface area is 111 Å². The molecule has 0 fully saturated rings. The maximum Gasteiger partial charge on any atom is 0.108 e. The molecule has 1 N–H and O–H groups in total. The Hall–Kier alpha value is -1.20. The fourth-order valence-corrected chi connectivity index (χ4v) is 3.21. The van der Waals surface area contributed by atoms with Gasteiger partial charge < -0.3 is 9.88 Å². The third-order valence-electron chi connectivity index (χ3n) is 3.41. The zero-order valence-electron chi connectivity index (χ0n) is 10.6. The molecule has 5 heteroatoms. The summed E-state index contributed by atoms with van der Waals surface area (Å²) < 4.78 is 2.28. The molecule has 3 rings (SSSR count). The van der Waals surface area contributed by atoms with Crippen molar-refractivity contribution in [3.8, 4) is 0 Å². The molecule has 18 heavy (non-hydrogen) atoms. The Bertz CT molecular complexity index is 517. The quantitative estimate of drug-likeness (QED) is 0.916. The minimum atomic E-state index is 0.716. The number of imidazole rings is 1. The van der Waals surface area contributed by atoms with Crippen LogP contribution in [-0.2, 0) is 19.5 Å². The lowest BCUT2D eigenvalue weighted by atomic mass is 9.99. The molecular formula is C13H18N4S. The maximum absolute atomic E-state index is 4.46. The molecule has 0 spiro atoms. The Morgan fingerprint density at radius 3 is 3.33 bits per heavy atom. The van der Waals surface area contributed by atoms with Crippen LogP contribution in [0.1, 0.15) is 22.9 Å². The van der Waals surface area contributed by atoms with Crippen molar-refractivity contribution >= 4 is 11.3 Å². The van der Waals surface area contributed by atoms with Crippen LogP contribution in [0.25, 0.3) is 0 Å². The van der Waals surface area contributed by atoms with E-state index in [4.69, 9.17) is 0 Å². The first-order valence-electron chi connectivity index (χ1n) is 6.43. The largest absolute Gasteiger partial charge is 0.335 e. The number of hydrogen-bond donors (Lipinski definition) is 1. The number of fused-ring (bicyclic) bond motifs is 1. The van der Waals surface area contributed by atoms with Gasteiger partial charge in [-0.1, -0.05) is 0 Å². The minimum absolute atomic E-state index is 0.716. The number of nitrogens with one attached hydrogen (secondary N) is 1. The van der Waals surface area contributed by atoms with E-state index < -0.39 is 0 Å². The third kappa shape index (κ3) is 2.62. The number of aromatic nitrogens is 3. The van der Waals surface area contributed by atoms with Gasteiger partial charge in [0.15, 0.2) is 0 Å². The lowest BCUT2D eigenvalue weighted by Gasteiger charge is -2.23. The smallest absolute Gasteiger partial charge is 0.108 e. The van der Waals surface area contributed by atoms with Crippen molar-refractivity contribution in [3.63, 3.8) is 0 Å². The number of thiazole rings is 1. The minimum Gasteiger partial charge on any atom is -0.335 e. The molecule has 1 aliphatic rings. The van der Waals surface area contributed by atoms with Crippen LogP contribution in [0.15, 0.2) is 17.8 Å². The standard InChI is InChI=1S/C13H18N4S/c1-10-9-18-13(16-10)7-14-6-11-2-3-12-15-4-5-17(12)8-11/h4-5,9,11,14H,2-3,6-8H2,1H3. The summed E-state index contributed by atoms with van der Waals surface area (Å²) in [6, 6.07) is 0. The predicted octanol–water partition coefficient (Wildman–Crippen LogP) is 2.00. The van der Waals surface area contributed by atoms with Crippen molar-refractivity contribution in [2.45, 2.75) is 32.9 Å². The summed E-state index contributed by atoms with van der Waals surface area (Å²) in [5.41, 5.74) is 1.12. The van der Waals surface area contributed by atoms with Crippen molar-refractivity contribution in [2.24, 2.45) is 5.92 Å². The van der Waals surface area contributed by atoms with E-state index in [1.54, 1.807) is 11.3 Å². The molecule has 1 atom stereocenters. The van der Waals surface area contributed by atoms with Crippen LogP contribution in [0.4, 0.5) is 0 Å². The molecule has 1 aliphatic heterocycles. The molecule has 4 nitrogen and oxygen atoms in total. The number of hydrogen-bond acceptors (Lipinski definition) is 4. The van der Waals surface area contributed by atoms with Crippen LogP contribution in [0.5, 0.6) is 0 Å². The molecule has 1 unspecified atom stereocenters. The predicted molar refractivity (Wildman–Crippen MR) is 72.6 cm³/mol. The monoisotopic (exact) mass is 262 g/mol. The van der Waals surface area contributed by atoms with Gasteiger partial charge in [-0.05, 0) is 19.3 Å². The van der Waals surface area contributed by atoms with Crippen LogP contribution in [0.2, 0.25) is 0 Å². The average Bonchev–Trinajstić information content (AvgIpc) is 2.97. The highest BCUT2D eigenvalue weighted by molar-refractivity contribution is 7.09. The molecule has 96 valence electrons. The highest BCUT2D eigenvalue weighted by Crippen LogP contribution is 2.18. The van der Waals surface area contributed by atoms with Gasteiger partial charge in [0.05, 0.1) is 0 Å². The van der Waals surface area contributed by atoms with Crippen LogP contribution in [-0.4, -0.2) is 21.1 Å². The first kappa shape index (κ1) is 11.9. The molecule has 0 radical (unpaired) electrons. The molecule has 0 aliphatic carbocycles. The van der Waals surface area contributed by atoms with Crippen molar-refractivity contribution in [1.29, 1.82) is 0 Å². The highest BCUT2D eigenvalue weighted by atomic mass is 32.1. The van der Waals surface area contributed by atoms with Crippen LogP contribution in [0, 0.1) is 12.8 Å². The summed E-state index contributed by atoms with van der Waals surface area (Å²) in [4.78, 5) is 8.82. The van der Waals surface area contributed by atoms with Crippen LogP contribution >= 0.6 is 11.3 Å². The van der Waals surface area contributed by atoms with Gasteiger partial charge >= 0.3 is 0 Å². The number of rotatable bonds is 4. The molecule has 3 heterocycles. The molecule has 2 aromatic heterocycles. The summed E-state index contributed by atoms with van der Waals surface area (Å²) in [6.45, 7) is 5.10. The van der Waals surface area contributed by atoms with Gasteiger partial charge in [0.25, 0.3) is 0 Å². The summed E-state index contributed by atoms with van der Waals surface area (Å²) in [6.07, 6.45) is 6.34. The van der Waals surface area contributed by atoms with E-state index >= 15 is 0 Å². The fraction of sp³-hybridized carbons (Fsp3) is 0.538. The van der Waals surface area contributed by atoms with Gasteiger partial charge in [-0.25, -0.2) is 9.97 Å². The zero-order chi connectivity index (χ0) is 12.4. The van der Waals surface area contributed by atoms with E-state index in [-0.39, 0.29) is 0 Å². The summed E-state index contributed by atoms with van der Waals surface area (Å²) in [5.74, 6) is 1.95. The number of aryl methyl sites for hydroxylation is 2. The molecule has 0 amide bonds. The lowest BCUT2D eigenvalue weighted by Crippen LogP contribution is -2.29. The molecule has 0 bridgehead atoms. The first-order valence-corrected chi connectivity index (χ1v) is 7.31. The maximum atomic E-state index is 4.46. The topological polar surface area (TPSA) is 42.7 Å². The van der Waals surface area contributed by atoms with E-state index in [0.717, 1.165) is 31.7 Å². The van der Waals surface area contributed by atoms with Gasteiger partial charge in [-0.15, -0.1) is 11.3 Å². The zero-order valence-corrected chi connectivity index (χ0v) is 11.4. The van der Waals surface area contributed by atoms with E-state index in [1.165, 1.54) is 17.3 Å². The Morgan fingerprint density at radius 2 is 2.50 bits per heavy atom. The highest BCUT2D eigenvalue weighted by Gasteiger charge is 2.18. The Morgan fingerprint density at radius 1 is 1.56 bits per heavy atom. The lowest BCUT2D eigenvalue weighted by molar-refractivity contribution is 0.347. The van der Waals surface area contributed by atoms with E-state index in [9.17, 15) is 0 Å². The van der Waals surface area contributed by atoms with Gasteiger partial charge in [-0.2, -0.15) is 0 Å². The molecular weight excluding hydrogens is 244 g/mol. The second-order valence-electron chi connectivity index (χ2n) is 4.91. The van der Waals surface area contributed by atoms with Crippen molar-refractivity contribution < 1.29 is 0 Å². The van der Waals surface area contributed by atoms with Crippen LogP contribution < -0.4 is 5.32 Å². The van der Waals surface area contributed by atoms with Gasteiger partial charge in [0.2, 0.25) is 0 Å². The van der Waals surface area contributed by atoms with E-state index in [1.807, 2.05) is 13.1 Å². The normalized spacial score (nSPS) is 18.8. The van der Waals surface area contributed by atoms with E-state index in [0.29, 0.717) is 5.92 Å². The number of nitrogens with zero attached hydrogens (tertiary/aromatic N) is 3. The Balaban J connectivity index is 1.47. The van der Waals surface area contributed by atoms with Crippen molar-refractivity contribution in [2.75, 3.05) is 6.54 Å². The molecule has 0 saturated heterocycles. The Kier molecular flexibility index (Phi) is 3.43. The summed E-state index contributed by atoms with van der Waals surface area (Å²) in [5, 5.41) is 6.82. The van der Waals surface area contributed by atoms with Gasteiger partial charge in [-0.3, -0.25) is 0 Å². The van der Waals surface area contributed by atoms with Gasteiger partial charge in [0, 0.05) is 49.5 Å². The molecule has 2 aromatic rings. The van der Waals surface area contributed by atoms with E-state index in [2.05, 4.69) is 31.4 Å².